The molecule has 2 aromatic rings. The van der Waals surface area contributed by atoms with E-state index in [2.05, 4.69) is 10.3 Å². The van der Waals surface area contributed by atoms with Gasteiger partial charge in [0.1, 0.15) is 11.6 Å². The summed E-state index contributed by atoms with van der Waals surface area (Å²) in [5.74, 6) is -1.95. The Morgan fingerprint density at radius 1 is 1.55 bits per heavy atom. The summed E-state index contributed by atoms with van der Waals surface area (Å²) in [6, 6.07) is -1.13. The molecule has 118 valence electrons. The highest BCUT2D eigenvalue weighted by Gasteiger charge is 2.23. The van der Waals surface area contributed by atoms with Crippen LogP contribution in [0.5, 0.6) is 0 Å². The molecule has 0 radical (unpaired) electrons. The number of hydrogen-bond acceptors (Lipinski definition) is 6. The molecule has 0 saturated carbocycles. The zero-order valence-electron chi connectivity index (χ0n) is 12.0. The molecule has 0 aliphatic rings. The largest absolute Gasteiger partial charge is 0.480 e. The number of hydrogen-bond donors (Lipinski definition) is 2. The van der Waals surface area contributed by atoms with Gasteiger partial charge in [-0.2, -0.15) is 0 Å². The molecule has 2 aromatic heterocycles. The van der Waals surface area contributed by atoms with Gasteiger partial charge >= 0.3 is 5.97 Å². The van der Waals surface area contributed by atoms with Crippen molar-refractivity contribution in [3.8, 4) is 0 Å². The third kappa shape index (κ3) is 3.15. The Bertz CT molecular complexity index is 767. The predicted octanol–water partition coefficient (Wildman–Crippen LogP) is 0.284. The fraction of sp³-hybridized carbons (Fsp3) is 0.385. The molecule has 0 saturated heterocycles. The number of fused-ring (bicyclic) bond motifs is 1. The third-order valence-corrected chi connectivity index (χ3v) is 4.03. The molecule has 8 nitrogen and oxygen atoms in total. The van der Waals surface area contributed by atoms with Crippen molar-refractivity contribution in [2.45, 2.75) is 19.4 Å². The summed E-state index contributed by atoms with van der Waals surface area (Å²) in [5.41, 5.74) is -0.0406. The maximum Gasteiger partial charge on any atom is 0.326 e. The van der Waals surface area contributed by atoms with Crippen LogP contribution in [-0.2, 0) is 9.53 Å². The molecule has 0 fully saturated rings. The van der Waals surface area contributed by atoms with Gasteiger partial charge in [-0.1, -0.05) is 0 Å². The Balaban J connectivity index is 2.29. The van der Waals surface area contributed by atoms with Crippen LogP contribution in [0.1, 0.15) is 22.5 Å². The van der Waals surface area contributed by atoms with Crippen LogP contribution >= 0.6 is 11.3 Å². The van der Waals surface area contributed by atoms with Crippen molar-refractivity contribution in [2.75, 3.05) is 13.7 Å². The molecule has 2 N–H and O–H groups in total. The highest BCUT2D eigenvalue weighted by molar-refractivity contribution is 7.15. The second kappa shape index (κ2) is 6.67. The molecule has 2 rings (SSSR count). The molecule has 0 spiro atoms. The average Bonchev–Trinajstić information content (AvgIpc) is 2.85. The summed E-state index contributed by atoms with van der Waals surface area (Å²) < 4.78 is 6.13. The van der Waals surface area contributed by atoms with Crippen molar-refractivity contribution in [1.29, 1.82) is 0 Å². The van der Waals surface area contributed by atoms with Gasteiger partial charge in [0.25, 0.3) is 11.5 Å². The first-order chi connectivity index (χ1) is 10.5. The minimum absolute atomic E-state index is 0.103. The molecule has 0 bridgehead atoms. The van der Waals surface area contributed by atoms with E-state index in [1.54, 1.807) is 12.3 Å². The smallest absolute Gasteiger partial charge is 0.326 e. The molecule has 1 amide bonds. The van der Waals surface area contributed by atoms with E-state index in [1.165, 1.54) is 22.8 Å². The van der Waals surface area contributed by atoms with Crippen LogP contribution in [0, 0.1) is 6.92 Å². The molecular formula is C13H15N3O5S. The number of aryl methyl sites for hydroxylation is 1. The number of carbonyl (C=O) groups is 2. The Kier molecular flexibility index (Phi) is 4.88. The van der Waals surface area contributed by atoms with Crippen LogP contribution in [0.2, 0.25) is 0 Å². The van der Waals surface area contributed by atoms with Crippen molar-refractivity contribution in [3.05, 3.63) is 33.2 Å². The minimum Gasteiger partial charge on any atom is -0.480 e. The zero-order valence-corrected chi connectivity index (χ0v) is 12.8. The molecule has 22 heavy (non-hydrogen) atoms. The van der Waals surface area contributed by atoms with Gasteiger partial charge in [0, 0.05) is 37.4 Å². The highest BCUT2D eigenvalue weighted by Crippen LogP contribution is 2.11. The van der Waals surface area contributed by atoms with E-state index < -0.39 is 23.5 Å². The average molecular weight is 325 g/mol. The Morgan fingerprint density at radius 3 is 2.91 bits per heavy atom. The number of carbonyl (C=O) groups excluding carboxylic acids is 1. The molecule has 2 heterocycles. The van der Waals surface area contributed by atoms with E-state index in [0.29, 0.717) is 10.7 Å². The summed E-state index contributed by atoms with van der Waals surface area (Å²) in [6.45, 7) is 1.91. The molecule has 1 unspecified atom stereocenters. The summed E-state index contributed by atoms with van der Waals surface area (Å²) in [5, 5.41) is 13.2. The number of aromatic nitrogens is 2. The minimum atomic E-state index is -1.19. The van der Waals surface area contributed by atoms with Gasteiger partial charge in [-0.3, -0.25) is 14.0 Å². The normalized spacial score (nSPS) is 12.3. The summed E-state index contributed by atoms with van der Waals surface area (Å²) in [4.78, 5) is 40.1. The second-order valence-electron chi connectivity index (χ2n) is 4.62. The first kappa shape index (κ1) is 16.1. The number of nitrogens with zero attached hydrogens (tertiary/aromatic N) is 2. The predicted molar refractivity (Wildman–Crippen MR) is 79.5 cm³/mol. The number of thiazole rings is 1. The third-order valence-electron chi connectivity index (χ3n) is 3.08. The number of ether oxygens (including phenoxy) is 1. The number of aliphatic carboxylic acids is 1. The SMILES string of the molecule is COCCC(NC(=O)c1cnc2scc(C)n2c1=O)C(=O)O. The Labute approximate surface area is 129 Å². The monoisotopic (exact) mass is 325 g/mol. The summed E-state index contributed by atoms with van der Waals surface area (Å²) in [6.07, 6.45) is 1.27. The first-order valence-electron chi connectivity index (χ1n) is 6.44. The lowest BCUT2D eigenvalue weighted by Crippen LogP contribution is -2.43. The quantitative estimate of drug-likeness (QED) is 0.789. The lowest BCUT2D eigenvalue weighted by molar-refractivity contribution is -0.139. The van der Waals surface area contributed by atoms with Crippen molar-refractivity contribution in [1.82, 2.24) is 14.7 Å². The van der Waals surface area contributed by atoms with Gasteiger partial charge < -0.3 is 15.2 Å². The van der Waals surface area contributed by atoms with Crippen LogP contribution in [0.25, 0.3) is 4.96 Å². The maximum atomic E-state index is 12.3. The maximum absolute atomic E-state index is 12.3. The summed E-state index contributed by atoms with van der Waals surface area (Å²) in [7, 11) is 1.43. The van der Waals surface area contributed by atoms with Gasteiger partial charge in [0.15, 0.2) is 4.96 Å². The number of carboxylic acid groups (broad SMARTS) is 1. The molecule has 0 aliphatic carbocycles. The Hall–Kier alpha value is -2.26. The molecule has 9 heteroatoms. The highest BCUT2D eigenvalue weighted by atomic mass is 32.1. The van der Waals surface area contributed by atoms with Gasteiger partial charge in [-0.15, -0.1) is 11.3 Å². The van der Waals surface area contributed by atoms with E-state index in [0.717, 1.165) is 6.20 Å². The van der Waals surface area contributed by atoms with Gasteiger partial charge in [0.2, 0.25) is 0 Å². The lowest BCUT2D eigenvalue weighted by atomic mass is 10.2. The fourth-order valence-corrected chi connectivity index (χ4v) is 2.74. The van der Waals surface area contributed by atoms with E-state index in [9.17, 15) is 14.4 Å². The fourth-order valence-electron chi connectivity index (χ4n) is 1.91. The van der Waals surface area contributed by atoms with Crippen molar-refractivity contribution >= 4 is 28.2 Å². The van der Waals surface area contributed by atoms with Crippen LogP contribution in [-0.4, -0.2) is 46.1 Å². The first-order valence-corrected chi connectivity index (χ1v) is 7.32. The van der Waals surface area contributed by atoms with Gasteiger partial charge in [-0.05, 0) is 6.92 Å². The van der Waals surface area contributed by atoms with E-state index in [1.807, 2.05) is 0 Å². The van der Waals surface area contributed by atoms with Crippen LogP contribution in [0.3, 0.4) is 0 Å². The van der Waals surface area contributed by atoms with Crippen molar-refractivity contribution in [2.24, 2.45) is 0 Å². The molecular weight excluding hydrogens is 310 g/mol. The number of amides is 1. The lowest BCUT2D eigenvalue weighted by Gasteiger charge is -2.13. The second-order valence-corrected chi connectivity index (χ2v) is 5.45. The number of methoxy groups -OCH3 is 1. The zero-order chi connectivity index (χ0) is 16.3. The Morgan fingerprint density at radius 2 is 2.27 bits per heavy atom. The van der Waals surface area contributed by atoms with Gasteiger partial charge in [-0.25, -0.2) is 9.78 Å². The number of carboxylic acids is 1. The van der Waals surface area contributed by atoms with Crippen molar-refractivity contribution in [3.63, 3.8) is 0 Å². The summed E-state index contributed by atoms with van der Waals surface area (Å²) >= 11 is 1.29. The molecule has 0 aromatic carbocycles. The van der Waals surface area contributed by atoms with Crippen LogP contribution in [0.15, 0.2) is 16.4 Å². The van der Waals surface area contributed by atoms with Crippen LogP contribution < -0.4 is 10.9 Å². The van der Waals surface area contributed by atoms with E-state index >= 15 is 0 Å². The molecule has 0 aliphatic heterocycles. The van der Waals surface area contributed by atoms with Crippen molar-refractivity contribution < 1.29 is 19.4 Å². The topological polar surface area (TPSA) is 110 Å². The van der Waals surface area contributed by atoms with E-state index in [4.69, 9.17) is 9.84 Å². The van der Waals surface area contributed by atoms with Gasteiger partial charge in [0.05, 0.1) is 0 Å². The standard InChI is InChI=1S/C13H15N3O5S/c1-7-6-22-13-14-5-8(11(18)16(7)13)10(17)15-9(12(19)20)3-4-21-2/h5-6,9H,3-4H2,1-2H3,(H,15,17)(H,19,20). The van der Waals surface area contributed by atoms with E-state index in [-0.39, 0.29) is 18.6 Å². The number of rotatable bonds is 6. The molecule has 1 atom stereocenters. The number of nitrogens with one attached hydrogen (secondary N) is 1. The van der Waals surface area contributed by atoms with Crippen LogP contribution in [0.4, 0.5) is 0 Å².